The van der Waals surface area contributed by atoms with Crippen molar-refractivity contribution in [3.05, 3.63) is 65.2 Å². The molecule has 0 radical (unpaired) electrons. The molecular weight excluding hydrogens is 394 g/mol. The van der Waals surface area contributed by atoms with Gasteiger partial charge in [-0.25, -0.2) is 0 Å². The first-order chi connectivity index (χ1) is 14.8. The van der Waals surface area contributed by atoms with Gasteiger partial charge in [-0.1, -0.05) is 42.0 Å². The Hall–Kier alpha value is -3.03. The van der Waals surface area contributed by atoms with E-state index < -0.39 is 29.5 Å². The van der Waals surface area contributed by atoms with Gasteiger partial charge in [-0.2, -0.15) is 0 Å². The molecule has 2 aromatic carbocycles. The number of rotatable bonds is 4. The van der Waals surface area contributed by atoms with Crippen LogP contribution in [0.15, 0.2) is 48.5 Å². The van der Waals surface area contributed by atoms with Crippen LogP contribution in [0, 0.1) is 18.8 Å². The lowest BCUT2D eigenvalue weighted by Crippen LogP contribution is -3.00. The first kappa shape index (κ1) is 19.9. The number of likely N-dealkylation sites (tertiary alicyclic amines) is 1. The number of benzene rings is 2. The van der Waals surface area contributed by atoms with Crippen LogP contribution in [0.5, 0.6) is 0 Å². The van der Waals surface area contributed by atoms with Crippen molar-refractivity contribution in [1.29, 1.82) is 0 Å². The molecule has 0 saturated carbocycles. The third-order valence-electron chi connectivity index (χ3n) is 7.07. The molecule has 0 aromatic heterocycles. The average molecular weight is 420 g/mol. The lowest BCUT2D eigenvalue weighted by atomic mass is 9.76. The van der Waals surface area contributed by atoms with Crippen molar-refractivity contribution in [3.63, 3.8) is 0 Å². The molecule has 3 amide bonds. The molecule has 3 aliphatic heterocycles. The summed E-state index contributed by atoms with van der Waals surface area (Å²) in [6.45, 7) is 3.81. The van der Waals surface area contributed by atoms with Gasteiger partial charge in [-0.3, -0.25) is 19.3 Å². The number of hydrogen-bond donors (Lipinski definition) is 3. The van der Waals surface area contributed by atoms with E-state index in [9.17, 15) is 19.5 Å². The normalized spacial score (nSPS) is 30.0. The third-order valence-corrected chi connectivity index (χ3v) is 7.07. The topological polar surface area (TPSA) is 103 Å². The van der Waals surface area contributed by atoms with Gasteiger partial charge >= 0.3 is 0 Å². The summed E-state index contributed by atoms with van der Waals surface area (Å²) in [6, 6.07) is 14.8. The molecule has 2 saturated heterocycles. The van der Waals surface area contributed by atoms with Gasteiger partial charge in [0, 0.05) is 12.1 Å². The number of carbonyl (C=O) groups is 3. The summed E-state index contributed by atoms with van der Waals surface area (Å²) in [4.78, 5) is 41.6. The maximum atomic E-state index is 13.6. The van der Waals surface area contributed by atoms with Crippen molar-refractivity contribution in [2.45, 2.75) is 38.0 Å². The van der Waals surface area contributed by atoms with E-state index in [0.717, 1.165) is 16.7 Å². The van der Waals surface area contributed by atoms with Gasteiger partial charge in [0.2, 0.25) is 17.4 Å². The zero-order valence-electron chi connectivity index (χ0n) is 17.5. The average Bonchev–Trinajstić information content (AvgIpc) is 3.33. The summed E-state index contributed by atoms with van der Waals surface area (Å²) in [5.74, 6) is -2.48. The van der Waals surface area contributed by atoms with E-state index >= 15 is 0 Å². The van der Waals surface area contributed by atoms with E-state index in [1.54, 1.807) is 12.2 Å². The van der Waals surface area contributed by atoms with Crippen LogP contribution >= 0.6 is 0 Å². The van der Waals surface area contributed by atoms with E-state index in [1.807, 2.05) is 55.5 Å². The minimum Gasteiger partial charge on any atom is -0.387 e. The fourth-order valence-electron chi connectivity index (χ4n) is 5.61. The number of carbonyl (C=O) groups excluding carboxylic acids is 3. The molecule has 160 valence electrons. The fourth-order valence-corrected chi connectivity index (χ4v) is 5.61. The van der Waals surface area contributed by atoms with Gasteiger partial charge in [-0.15, -0.1) is 0 Å². The van der Waals surface area contributed by atoms with Crippen LogP contribution in [0.2, 0.25) is 0 Å². The van der Waals surface area contributed by atoms with Crippen LogP contribution < -0.4 is 10.6 Å². The number of quaternary nitrogens is 1. The Labute approximate surface area is 180 Å². The lowest BCUT2D eigenvalue weighted by Gasteiger charge is -2.27. The molecule has 3 aliphatic rings. The highest BCUT2D eigenvalue weighted by molar-refractivity contribution is 6.13. The minimum absolute atomic E-state index is 0.263. The minimum atomic E-state index is -1.23. The van der Waals surface area contributed by atoms with E-state index in [0.29, 0.717) is 12.1 Å². The second-order valence-electron chi connectivity index (χ2n) is 8.92. The number of aliphatic hydroxyl groups is 1. The van der Waals surface area contributed by atoms with Gasteiger partial charge < -0.3 is 15.7 Å². The number of amides is 3. The SMILES string of the molecule is Cc1ccc2c(c1)[C@]1([NH2+][C@@H]([C@@H](C)O)[C@H]3C(=O)N(CCc4ccccc4)C(=O)[C@H]31)C(=O)N2. The van der Waals surface area contributed by atoms with Gasteiger partial charge in [0.1, 0.15) is 24.0 Å². The zero-order valence-corrected chi connectivity index (χ0v) is 17.5. The van der Waals surface area contributed by atoms with Gasteiger partial charge in [0.05, 0.1) is 5.69 Å². The number of aliphatic hydroxyl groups excluding tert-OH is 1. The molecule has 7 nitrogen and oxygen atoms in total. The maximum absolute atomic E-state index is 13.6. The molecular formula is C24H26N3O4+. The predicted molar refractivity (Wildman–Crippen MR) is 113 cm³/mol. The zero-order chi connectivity index (χ0) is 21.9. The molecule has 3 heterocycles. The van der Waals surface area contributed by atoms with Gasteiger partial charge in [0.15, 0.2) is 0 Å². The van der Waals surface area contributed by atoms with Crippen LogP contribution in [0.4, 0.5) is 5.69 Å². The second-order valence-corrected chi connectivity index (χ2v) is 8.92. The Morgan fingerprint density at radius 3 is 2.58 bits per heavy atom. The molecule has 0 unspecified atom stereocenters. The molecule has 2 fully saturated rings. The molecule has 5 rings (SSSR count). The van der Waals surface area contributed by atoms with Crippen LogP contribution in [0.1, 0.15) is 23.6 Å². The number of nitrogens with one attached hydrogen (secondary N) is 1. The van der Waals surface area contributed by atoms with E-state index in [1.165, 1.54) is 4.90 Å². The highest BCUT2D eigenvalue weighted by atomic mass is 16.3. The van der Waals surface area contributed by atoms with Gasteiger partial charge in [-0.05, 0) is 38.0 Å². The van der Waals surface area contributed by atoms with E-state index in [2.05, 4.69) is 5.32 Å². The summed E-state index contributed by atoms with van der Waals surface area (Å²) in [5, 5.41) is 15.2. The highest BCUT2D eigenvalue weighted by Gasteiger charge is 2.74. The molecule has 0 aliphatic carbocycles. The predicted octanol–water partition coefficient (Wildman–Crippen LogP) is 0.313. The Morgan fingerprint density at radius 1 is 1.13 bits per heavy atom. The fraction of sp³-hybridized carbons (Fsp3) is 0.375. The first-order valence-electron chi connectivity index (χ1n) is 10.7. The smallest absolute Gasteiger partial charge is 0.291 e. The largest absolute Gasteiger partial charge is 0.387 e. The molecule has 31 heavy (non-hydrogen) atoms. The number of nitrogens with zero attached hydrogens (tertiary/aromatic N) is 1. The van der Waals surface area contributed by atoms with Crippen molar-refractivity contribution in [2.75, 3.05) is 11.9 Å². The van der Waals surface area contributed by atoms with Crippen molar-refractivity contribution in [3.8, 4) is 0 Å². The monoisotopic (exact) mass is 420 g/mol. The summed E-state index contributed by atoms with van der Waals surface area (Å²) in [7, 11) is 0. The molecule has 4 N–H and O–H groups in total. The quantitative estimate of drug-likeness (QED) is 0.620. The number of imide groups is 1. The summed E-state index contributed by atoms with van der Waals surface area (Å²) < 4.78 is 0. The molecule has 0 bridgehead atoms. The van der Waals surface area contributed by atoms with E-state index in [4.69, 9.17) is 0 Å². The number of aryl methyl sites for hydroxylation is 1. The molecule has 7 heteroatoms. The number of nitrogens with two attached hydrogens (primary N) is 1. The molecule has 5 atom stereocenters. The molecule has 2 aromatic rings. The summed E-state index contributed by atoms with van der Waals surface area (Å²) in [6.07, 6.45) is -0.297. The third kappa shape index (κ3) is 2.77. The highest BCUT2D eigenvalue weighted by Crippen LogP contribution is 2.49. The van der Waals surface area contributed by atoms with Gasteiger partial charge in [0.25, 0.3) is 5.91 Å². The number of anilines is 1. The first-order valence-corrected chi connectivity index (χ1v) is 10.7. The van der Waals surface area contributed by atoms with Crippen molar-refractivity contribution in [1.82, 2.24) is 4.90 Å². The van der Waals surface area contributed by atoms with E-state index in [-0.39, 0.29) is 24.3 Å². The Balaban J connectivity index is 1.55. The molecule has 1 spiro atoms. The Kier molecular flexibility index (Phi) is 4.50. The van der Waals surface area contributed by atoms with Crippen LogP contribution in [-0.2, 0) is 26.3 Å². The summed E-state index contributed by atoms with van der Waals surface area (Å²) >= 11 is 0. The number of hydrogen-bond acceptors (Lipinski definition) is 4. The van der Waals surface area contributed by atoms with Crippen molar-refractivity contribution < 1.29 is 24.8 Å². The Morgan fingerprint density at radius 2 is 1.87 bits per heavy atom. The van der Waals surface area contributed by atoms with Crippen LogP contribution in [0.3, 0.4) is 0 Å². The Bertz CT molecular complexity index is 1080. The van der Waals surface area contributed by atoms with Crippen LogP contribution in [0.25, 0.3) is 0 Å². The summed E-state index contributed by atoms with van der Waals surface area (Å²) in [5.41, 5.74) is 2.16. The second kappa shape index (κ2) is 7.00. The van der Waals surface area contributed by atoms with Crippen molar-refractivity contribution >= 4 is 23.4 Å². The van der Waals surface area contributed by atoms with Crippen molar-refractivity contribution in [2.24, 2.45) is 11.8 Å². The standard InChI is InChI=1S/C24H25N3O4/c1-13-8-9-17-16(12-13)24(23(31)25-17)19-18(20(26-24)14(2)28)21(29)27(22(19)30)11-10-15-6-4-3-5-7-15/h3-9,12,14,18-20,26,28H,10-11H2,1-2H3,(H,25,31)/p+1/t14-,18+,19+,20+,24-/m1/s1. The van der Waals surface area contributed by atoms with Crippen LogP contribution in [-0.4, -0.2) is 46.4 Å². The maximum Gasteiger partial charge on any atom is 0.291 e. The number of fused-ring (bicyclic) bond motifs is 4. The lowest BCUT2D eigenvalue weighted by molar-refractivity contribution is -0.738.